The van der Waals surface area contributed by atoms with Gasteiger partial charge in [0.15, 0.2) is 11.6 Å². The second kappa shape index (κ2) is 5.36. The Kier molecular flexibility index (Phi) is 3.21. The van der Waals surface area contributed by atoms with E-state index in [0.29, 0.717) is 29.4 Å². The summed E-state index contributed by atoms with van der Waals surface area (Å²) < 4.78 is 5.13. The number of hydrogen-bond donors (Lipinski definition) is 2. The lowest BCUT2D eigenvalue weighted by Gasteiger charge is -2.05. The Balaban J connectivity index is 1.27. The van der Waals surface area contributed by atoms with Crippen molar-refractivity contribution < 1.29 is 9.32 Å². The third-order valence-electron chi connectivity index (χ3n) is 3.74. The molecule has 0 spiro atoms. The predicted octanol–water partition coefficient (Wildman–Crippen LogP) is 1.94. The smallest absolute Gasteiger partial charge is 0.320 e. The lowest BCUT2D eigenvalue weighted by molar-refractivity contribution is 0.251. The van der Waals surface area contributed by atoms with Gasteiger partial charge in [0, 0.05) is 11.8 Å². The zero-order valence-corrected chi connectivity index (χ0v) is 12.0. The van der Waals surface area contributed by atoms with E-state index in [0.717, 1.165) is 18.5 Å². The number of nitrogens with one attached hydrogen (secondary N) is 2. The van der Waals surface area contributed by atoms with Gasteiger partial charge in [0.2, 0.25) is 5.89 Å². The minimum atomic E-state index is -0.369. The minimum Gasteiger partial charge on any atom is -0.339 e. The molecule has 8 nitrogen and oxygen atoms in total. The first kappa shape index (κ1) is 13.2. The molecular weight excluding hydrogens is 284 g/mol. The Bertz CT molecular complexity index is 675. The number of aromatic nitrogens is 4. The van der Waals surface area contributed by atoms with E-state index in [1.807, 2.05) is 6.07 Å². The van der Waals surface area contributed by atoms with Crippen molar-refractivity contribution in [2.75, 3.05) is 5.32 Å². The lowest BCUT2D eigenvalue weighted by Crippen LogP contribution is -2.29. The number of carbonyl (C=O) groups is 1. The molecule has 2 fully saturated rings. The molecule has 0 aromatic carbocycles. The molecule has 2 amide bonds. The summed E-state index contributed by atoms with van der Waals surface area (Å²) in [6.07, 6.45) is 4.56. The molecule has 2 N–H and O–H groups in total. The van der Waals surface area contributed by atoms with Crippen LogP contribution in [0.5, 0.6) is 0 Å². The summed E-state index contributed by atoms with van der Waals surface area (Å²) in [6, 6.07) is 3.30. The van der Waals surface area contributed by atoms with E-state index in [4.69, 9.17) is 4.52 Å². The van der Waals surface area contributed by atoms with E-state index in [9.17, 15) is 4.79 Å². The minimum absolute atomic E-state index is 0.218. The van der Waals surface area contributed by atoms with E-state index in [2.05, 4.69) is 31.0 Å². The van der Waals surface area contributed by atoms with Crippen LogP contribution in [0, 0.1) is 0 Å². The first-order valence-electron chi connectivity index (χ1n) is 7.49. The van der Waals surface area contributed by atoms with Gasteiger partial charge in [-0.25, -0.2) is 4.79 Å². The van der Waals surface area contributed by atoms with Gasteiger partial charge in [-0.2, -0.15) is 10.1 Å². The highest BCUT2D eigenvalue weighted by molar-refractivity contribution is 5.87. The fraction of sp³-hybridized carbons (Fsp3) is 0.500. The highest BCUT2D eigenvalue weighted by Gasteiger charge is 2.29. The largest absolute Gasteiger partial charge is 0.339 e. The third-order valence-corrected chi connectivity index (χ3v) is 3.74. The summed E-state index contributed by atoms with van der Waals surface area (Å²) >= 11 is 0. The average molecular weight is 300 g/mol. The van der Waals surface area contributed by atoms with Crippen LogP contribution in [-0.2, 0) is 6.54 Å². The second-order valence-electron chi connectivity index (χ2n) is 5.75. The molecule has 2 saturated carbocycles. The fourth-order valence-corrected chi connectivity index (χ4v) is 2.16. The summed E-state index contributed by atoms with van der Waals surface area (Å²) in [4.78, 5) is 16.0. The first-order chi connectivity index (χ1) is 10.8. The van der Waals surface area contributed by atoms with Crippen LogP contribution in [0.4, 0.5) is 10.6 Å². The molecule has 0 radical (unpaired) electrons. The van der Waals surface area contributed by atoms with Gasteiger partial charge in [0.1, 0.15) is 0 Å². The van der Waals surface area contributed by atoms with Gasteiger partial charge in [-0.05, 0) is 37.8 Å². The molecular formula is C14H16N6O2. The lowest BCUT2D eigenvalue weighted by atomic mass is 10.3. The molecule has 2 aromatic rings. The van der Waals surface area contributed by atoms with Crippen molar-refractivity contribution >= 4 is 11.8 Å². The number of anilines is 1. The topological polar surface area (TPSA) is 106 Å². The zero-order valence-electron chi connectivity index (χ0n) is 12.0. The van der Waals surface area contributed by atoms with E-state index in [1.54, 1.807) is 6.07 Å². The van der Waals surface area contributed by atoms with Gasteiger partial charge in [-0.15, -0.1) is 5.10 Å². The molecule has 0 aliphatic heterocycles. The molecule has 0 unspecified atom stereocenters. The number of nitrogens with zero attached hydrogens (tertiary/aromatic N) is 4. The SMILES string of the molecule is O=C(NCc1noc(C2CC2)n1)Nc1ccc(C2CC2)nn1. The standard InChI is InChI=1S/C14H16N6O2/c21-14(15-7-12-16-13(22-20-12)9-3-4-9)17-11-6-5-10(18-19-11)8-1-2-8/h5-6,8-9H,1-4,7H2,(H2,15,17,19,21). The zero-order chi connectivity index (χ0) is 14.9. The molecule has 2 aromatic heterocycles. The van der Waals surface area contributed by atoms with Gasteiger partial charge in [-0.1, -0.05) is 5.16 Å². The highest BCUT2D eigenvalue weighted by Crippen LogP contribution is 2.39. The summed E-state index contributed by atoms with van der Waals surface area (Å²) in [5.41, 5.74) is 0.991. The molecule has 0 atom stereocenters. The number of amides is 2. The molecule has 0 bridgehead atoms. The quantitative estimate of drug-likeness (QED) is 0.874. The molecule has 2 aliphatic rings. The van der Waals surface area contributed by atoms with Gasteiger partial charge in [0.05, 0.1) is 12.2 Å². The summed E-state index contributed by atoms with van der Waals surface area (Å²) in [5.74, 6) is 2.53. The van der Waals surface area contributed by atoms with E-state index >= 15 is 0 Å². The van der Waals surface area contributed by atoms with Crippen LogP contribution in [-0.4, -0.2) is 26.4 Å². The maximum absolute atomic E-state index is 11.8. The molecule has 2 heterocycles. The van der Waals surface area contributed by atoms with Gasteiger partial charge in [0.25, 0.3) is 0 Å². The Labute approximate surface area is 126 Å². The number of rotatable bonds is 5. The van der Waals surface area contributed by atoms with Crippen LogP contribution in [0.3, 0.4) is 0 Å². The predicted molar refractivity (Wildman–Crippen MR) is 76.1 cm³/mol. The van der Waals surface area contributed by atoms with E-state index in [-0.39, 0.29) is 12.6 Å². The number of hydrogen-bond acceptors (Lipinski definition) is 6. The Morgan fingerprint density at radius 2 is 2.00 bits per heavy atom. The Morgan fingerprint density at radius 1 is 1.18 bits per heavy atom. The van der Waals surface area contributed by atoms with Crippen LogP contribution in [0.15, 0.2) is 16.7 Å². The van der Waals surface area contributed by atoms with Crippen molar-refractivity contribution in [3.8, 4) is 0 Å². The van der Waals surface area contributed by atoms with Crippen LogP contribution in [0.1, 0.15) is 54.9 Å². The first-order valence-corrected chi connectivity index (χ1v) is 7.49. The highest BCUT2D eigenvalue weighted by atomic mass is 16.5. The van der Waals surface area contributed by atoms with Crippen LogP contribution >= 0.6 is 0 Å². The Morgan fingerprint density at radius 3 is 2.68 bits per heavy atom. The van der Waals surface area contributed by atoms with Gasteiger partial charge >= 0.3 is 6.03 Å². The molecule has 0 saturated heterocycles. The summed E-state index contributed by atoms with van der Waals surface area (Å²) in [7, 11) is 0. The average Bonchev–Trinajstić information content (AvgIpc) is 3.45. The van der Waals surface area contributed by atoms with E-state index in [1.165, 1.54) is 12.8 Å². The number of carbonyl (C=O) groups excluding carboxylic acids is 1. The van der Waals surface area contributed by atoms with Crippen LogP contribution < -0.4 is 10.6 Å². The van der Waals surface area contributed by atoms with Crippen molar-refractivity contribution in [1.82, 2.24) is 25.7 Å². The Hall–Kier alpha value is -2.51. The maximum Gasteiger partial charge on any atom is 0.320 e. The van der Waals surface area contributed by atoms with Gasteiger partial charge in [-0.3, -0.25) is 5.32 Å². The van der Waals surface area contributed by atoms with Crippen molar-refractivity contribution in [2.45, 2.75) is 44.1 Å². The van der Waals surface area contributed by atoms with Crippen LogP contribution in [0.25, 0.3) is 0 Å². The molecule has 8 heteroatoms. The van der Waals surface area contributed by atoms with Crippen LogP contribution in [0.2, 0.25) is 0 Å². The van der Waals surface area contributed by atoms with Crippen molar-refractivity contribution in [1.29, 1.82) is 0 Å². The molecule has 114 valence electrons. The third kappa shape index (κ3) is 3.05. The van der Waals surface area contributed by atoms with Crippen molar-refractivity contribution in [3.05, 3.63) is 29.5 Å². The summed E-state index contributed by atoms with van der Waals surface area (Å²) in [5, 5.41) is 17.2. The second-order valence-corrected chi connectivity index (χ2v) is 5.75. The summed E-state index contributed by atoms with van der Waals surface area (Å²) in [6.45, 7) is 0.218. The molecule has 4 rings (SSSR count). The normalized spacial score (nSPS) is 17.3. The van der Waals surface area contributed by atoms with E-state index < -0.39 is 0 Å². The number of urea groups is 1. The monoisotopic (exact) mass is 300 g/mol. The fourth-order valence-electron chi connectivity index (χ4n) is 2.16. The van der Waals surface area contributed by atoms with Gasteiger partial charge < -0.3 is 9.84 Å². The van der Waals surface area contributed by atoms with Crippen molar-refractivity contribution in [2.24, 2.45) is 0 Å². The molecule has 2 aliphatic carbocycles. The molecule has 22 heavy (non-hydrogen) atoms. The maximum atomic E-state index is 11.8. The van der Waals surface area contributed by atoms with Crippen molar-refractivity contribution in [3.63, 3.8) is 0 Å².